The normalized spacial score (nSPS) is 22.0. The number of nitrogens with one attached hydrogen (secondary N) is 1. The lowest BCUT2D eigenvalue weighted by Gasteiger charge is -2.26. The van der Waals surface area contributed by atoms with Crippen LogP contribution in [0.25, 0.3) is 0 Å². The van der Waals surface area contributed by atoms with Crippen LogP contribution in [-0.2, 0) is 4.74 Å². The fourth-order valence-electron chi connectivity index (χ4n) is 2.38. The van der Waals surface area contributed by atoms with Crippen molar-refractivity contribution in [3.05, 3.63) is 34.6 Å². The van der Waals surface area contributed by atoms with E-state index in [0.717, 1.165) is 25.7 Å². The lowest BCUT2D eigenvalue weighted by atomic mass is 9.94. The molecule has 0 aromatic heterocycles. The summed E-state index contributed by atoms with van der Waals surface area (Å²) in [6, 6.07) is 4.20. The van der Waals surface area contributed by atoms with Gasteiger partial charge in [0, 0.05) is 18.2 Å². The maximum Gasteiger partial charge on any atom is 0.251 e. The summed E-state index contributed by atoms with van der Waals surface area (Å²) in [6.07, 6.45) is 4.17. The van der Waals surface area contributed by atoms with Crippen LogP contribution in [-0.4, -0.2) is 31.2 Å². The highest BCUT2D eigenvalue weighted by atomic mass is 35.5. The van der Waals surface area contributed by atoms with Gasteiger partial charge in [-0.3, -0.25) is 4.79 Å². The molecule has 0 bridgehead atoms. The Kier molecular flexibility index (Phi) is 5.96. The van der Waals surface area contributed by atoms with Crippen molar-refractivity contribution in [1.82, 2.24) is 5.32 Å². The largest absolute Gasteiger partial charge is 0.376 e. The molecule has 0 radical (unpaired) electrons. The Bertz CT molecular complexity index is 491. The van der Waals surface area contributed by atoms with Crippen molar-refractivity contribution >= 4 is 17.5 Å². The molecule has 6 heteroatoms. The standard InChI is InChI=1S/C15H20ClFN2O2/c16-13-9-10(1-6-14(13)17)15(20)19-7-8-21-12-4-2-11(18)3-5-12/h1,6,9,11-12H,2-5,7-8,18H2,(H,19,20). The Labute approximate surface area is 128 Å². The van der Waals surface area contributed by atoms with Gasteiger partial charge in [0.1, 0.15) is 5.82 Å². The van der Waals surface area contributed by atoms with Gasteiger partial charge in [-0.2, -0.15) is 0 Å². The molecule has 1 aliphatic carbocycles. The zero-order valence-corrected chi connectivity index (χ0v) is 12.5. The third-order valence-electron chi connectivity index (χ3n) is 3.64. The van der Waals surface area contributed by atoms with Crippen LogP contribution >= 0.6 is 11.6 Å². The molecule has 0 heterocycles. The fraction of sp³-hybridized carbons (Fsp3) is 0.533. The SMILES string of the molecule is NC1CCC(OCCNC(=O)c2ccc(F)c(Cl)c2)CC1. The molecule has 2 rings (SSSR count). The van der Waals surface area contributed by atoms with Gasteiger partial charge in [-0.25, -0.2) is 4.39 Å². The average molecular weight is 315 g/mol. The van der Waals surface area contributed by atoms with Gasteiger partial charge in [-0.15, -0.1) is 0 Å². The van der Waals surface area contributed by atoms with Gasteiger partial charge >= 0.3 is 0 Å². The molecule has 1 aromatic rings. The molecule has 0 saturated heterocycles. The van der Waals surface area contributed by atoms with Crippen LogP contribution in [0.2, 0.25) is 5.02 Å². The maximum absolute atomic E-state index is 13.0. The Balaban J connectivity index is 1.68. The van der Waals surface area contributed by atoms with Crippen LogP contribution in [0.15, 0.2) is 18.2 Å². The minimum atomic E-state index is -0.535. The van der Waals surface area contributed by atoms with Gasteiger partial charge in [-0.05, 0) is 43.9 Å². The number of halogens is 2. The van der Waals surface area contributed by atoms with E-state index in [2.05, 4.69) is 5.32 Å². The fourth-order valence-corrected chi connectivity index (χ4v) is 2.57. The van der Waals surface area contributed by atoms with Gasteiger partial charge in [0.05, 0.1) is 17.7 Å². The number of nitrogens with two attached hydrogens (primary N) is 1. The molecule has 1 amide bonds. The van der Waals surface area contributed by atoms with E-state index in [1.54, 1.807) is 0 Å². The Hall–Kier alpha value is -1.17. The van der Waals surface area contributed by atoms with Gasteiger partial charge in [0.2, 0.25) is 0 Å². The predicted octanol–water partition coefficient (Wildman–Crippen LogP) is 2.50. The third-order valence-corrected chi connectivity index (χ3v) is 3.93. The molecule has 116 valence electrons. The quantitative estimate of drug-likeness (QED) is 0.821. The number of rotatable bonds is 5. The van der Waals surface area contributed by atoms with Gasteiger partial charge < -0.3 is 15.8 Å². The van der Waals surface area contributed by atoms with Crippen LogP contribution in [0, 0.1) is 5.82 Å². The first-order valence-corrected chi connectivity index (χ1v) is 7.54. The smallest absolute Gasteiger partial charge is 0.251 e. The van der Waals surface area contributed by atoms with Crippen molar-refractivity contribution in [2.24, 2.45) is 5.73 Å². The van der Waals surface area contributed by atoms with Crippen LogP contribution < -0.4 is 11.1 Å². The van der Waals surface area contributed by atoms with Crippen molar-refractivity contribution in [2.45, 2.75) is 37.8 Å². The van der Waals surface area contributed by atoms with E-state index in [4.69, 9.17) is 22.1 Å². The Morgan fingerprint density at radius 3 is 2.76 bits per heavy atom. The number of amides is 1. The molecule has 0 unspecified atom stereocenters. The molecule has 1 fully saturated rings. The number of carbonyl (C=O) groups excluding carboxylic acids is 1. The molecule has 0 spiro atoms. The minimum Gasteiger partial charge on any atom is -0.376 e. The molecule has 4 nitrogen and oxygen atoms in total. The van der Waals surface area contributed by atoms with E-state index in [0.29, 0.717) is 24.8 Å². The zero-order valence-electron chi connectivity index (χ0n) is 11.8. The number of carbonyl (C=O) groups is 1. The summed E-state index contributed by atoms with van der Waals surface area (Å²) in [6.45, 7) is 0.872. The molecule has 3 N–H and O–H groups in total. The summed E-state index contributed by atoms with van der Waals surface area (Å²) < 4.78 is 18.7. The molecule has 1 aliphatic rings. The highest BCUT2D eigenvalue weighted by Crippen LogP contribution is 2.19. The number of ether oxygens (including phenoxy) is 1. The monoisotopic (exact) mass is 314 g/mol. The van der Waals surface area contributed by atoms with Crippen molar-refractivity contribution in [3.8, 4) is 0 Å². The number of hydrogen-bond acceptors (Lipinski definition) is 3. The van der Waals surface area contributed by atoms with E-state index in [1.165, 1.54) is 18.2 Å². The minimum absolute atomic E-state index is 0.0579. The zero-order chi connectivity index (χ0) is 15.2. The topological polar surface area (TPSA) is 64.3 Å². The van der Waals surface area contributed by atoms with Crippen LogP contribution in [0.3, 0.4) is 0 Å². The maximum atomic E-state index is 13.0. The average Bonchev–Trinajstić information content (AvgIpc) is 2.48. The first-order chi connectivity index (χ1) is 10.1. The first-order valence-electron chi connectivity index (χ1n) is 7.16. The van der Waals surface area contributed by atoms with Crippen LogP contribution in [0.5, 0.6) is 0 Å². The molecular weight excluding hydrogens is 295 g/mol. The highest BCUT2D eigenvalue weighted by Gasteiger charge is 2.18. The second kappa shape index (κ2) is 7.73. The lowest BCUT2D eigenvalue weighted by Crippen LogP contribution is -2.33. The lowest BCUT2D eigenvalue weighted by molar-refractivity contribution is 0.0267. The predicted molar refractivity (Wildman–Crippen MR) is 79.9 cm³/mol. The highest BCUT2D eigenvalue weighted by molar-refractivity contribution is 6.31. The van der Waals surface area contributed by atoms with Crippen molar-refractivity contribution in [1.29, 1.82) is 0 Å². The van der Waals surface area contributed by atoms with Crippen molar-refractivity contribution < 1.29 is 13.9 Å². The third kappa shape index (κ3) is 4.95. The molecule has 1 saturated carbocycles. The second-order valence-corrected chi connectivity index (χ2v) is 5.70. The summed E-state index contributed by atoms with van der Waals surface area (Å²) in [5.74, 6) is -0.821. The van der Waals surface area contributed by atoms with Gasteiger partial charge in [0.15, 0.2) is 0 Å². The van der Waals surface area contributed by atoms with E-state index >= 15 is 0 Å². The van der Waals surface area contributed by atoms with E-state index in [-0.39, 0.29) is 17.0 Å². The molecule has 21 heavy (non-hydrogen) atoms. The summed E-state index contributed by atoms with van der Waals surface area (Å²) in [5.41, 5.74) is 6.17. The Morgan fingerprint density at radius 1 is 1.38 bits per heavy atom. The summed E-state index contributed by atoms with van der Waals surface area (Å²) in [5, 5.41) is 2.67. The van der Waals surface area contributed by atoms with Crippen LogP contribution in [0.1, 0.15) is 36.0 Å². The summed E-state index contributed by atoms with van der Waals surface area (Å²) in [7, 11) is 0. The molecular formula is C15H20ClFN2O2. The number of hydrogen-bond donors (Lipinski definition) is 2. The van der Waals surface area contributed by atoms with E-state index < -0.39 is 5.82 Å². The summed E-state index contributed by atoms with van der Waals surface area (Å²) in [4.78, 5) is 11.8. The first kappa shape index (κ1) is 16.2. The van der Waals surface area contributed by atoms with E-state index in [1.807, 2.05) is 0 Å². The second-order valence-electron chi connectivity index (χ2n) is 5.29. The Morgan fingerprint density at radius 2 is 2.10 bits per heavy atom. The molecule has 0 aliphatic heterocycles. The molecule has 1 aromatic carbocycles. The number of benzene rings is 1. The summed E-state index contributed by atoms with van der Waals surface area (Å²) >= 11 is 5.64. The van der Waals surface area contributed by atoms with Crippen molar-refractivity contribution in [3.63, 3.8) is 0 Å². The van der Waals surface area contributed by atoms with Gasteiger partial charge in [0.25, 0.3) is 5.91 Å². The van der Waals surface area contributed by atoms with Crippen molar-refractivity contribution in [2.75, 3.05) is 13.2 Å². The van der Waals surface area contributed by atoms with E-state index in [9.17, 15) is 9.18 Å². The van der Waals surface area contributed by atoms with Crippen LogP contribution in [0.4, 0.5) is 4.39 Å². The molecule has 0 atom stereocenters. The van der Waals surface area contributed by atoms with Gasteiger partial charge in [-0.1, -0.05) is 11.6 Å².